The summed E-state index contributed by atoms with van der Waals surface area (Å²) in [7, 11) is 1.72. The van der Waals surface area contributed by atoms with E-state index in [-0.39, 0.29) is 24.4 Å². The first-order chi connectivity index (χ1) is 12.6. The van der Waals surface area contributed by atoms with Crippen molar-refractivity contribution < 1.29 is 9.59 Å². The van der Waals surface area contributed by atoms with Crippen molar-refractivity contribution in [3.8, 4) is 0 Å². The van der Waals surface area contributed by atoms with Crippen molar-refractivity contribution in [3.63, 3.8) is 0 Å². The van der Waals surface area contributed by atoms with Gasteiger partial charge in [-0.15, -0.1) is 11.3 Å². The van der Waals surface area contributed by atoms with Crippen molar-refractivity contribution in [1.29, 1.82) is 0 Å². The number of rotatable bonds is 5. The fourth-order valence-corrected chi connectivity index (χ4v) is 4.66. The summed E-state index contributed by atoms with van der Waals surface area (Å²) in [6.45, 7) is 0.145. The maximum absolute atomic E-state index is 13.2. The van der Waals surface area contributed by atoms with Gasteiger partial charge in [-0.1, -0.05) is 30.3 Å². The first-order valence-corrected chi connectivity index (χ1v) is 10.2. The first kappa shape index (κ1) is 17.3. The molecule has 0 aliphatic heterocycles. The molecule has 2 aromatic rings. The second-order valence-corrected chi connectivity index (χ2v) is 8.23. The van der Waals surface area contributed by atoms with Gasteiger partial charge in [0.2, 0.25) is 5.91 Å². The summed E-state index contributed by atoms with van der Waals surface area (Å²) < 4.78 is 0. The van der Waals surface area contributed by atoms with Crippen LogP contribution in [-0.4, -0.2) is 41.2 Å². The van der Waals surface area contributed by atoms with Gasteiger partial charge < -0.3 is 9.80 Å². The monoisotopic (exact) mass is 368 g/mol. The van der Waals surface area contributed by atoms with E-state index >= 15 is 0 Å². The van der Waals surface area contributed by atoms with E-state index in [2.05, 4.69) is 29.2 Å². The van der Waals surface area contributed by atoms with Crippen LogP contribution in [-0.2, 0) is 11.2 Å². The van der Waals surface area contributed by atoms with Gasteiger partial charge in [-0.25, -0.2) is 0 Å². The number of hydrogen-bond donors (Lipinski definition) is 0. The van der Waals surface area contributed by atoms with Gasteiger partial charge in [0.15, 0.2) is 0 Å². The normalized spacial score (nSPS) is 18.9. The molecule has 1 atom stereocenters. The average molecular weight is 369 g/mol. The predicted octanol–water partition coefficient (Wildman–Crippen LogP) is 3.89. The lowest BCUT2D eigenvalue weighted by Gasteiger charge is -2.37. The fourth-order valence-electron chi connectivity index (χ4n) is 3.95. The van der Waals surface area contributed by atoms with Crippen LogP contribution in [0.2, 0.25) is 0 Å². The standard InChI is InChI=1S/C21H24N2O2S/c1-22(21(25)19-10-5-13-26-19)14-20(24)23(16-11-12-16)18-9-4-7-15-6-2-3-8-17(15)18/h2-3,5-6,8,10,13,16,18H,4,7,9,11-12,14H2,1H3. The van der Waals surface area contributed by atoms with Gasteiger partial charge in [0.25, 0.3) is 5.91 Å². The summed E-state index contributed by atoms with van der Waals surface area (Å²) in [6.07, 6.45) is 5.38. The predicted molar refractivity (Wildman–Crippen MR) is 103 cm³/mol. The topological polar surface area (TPSA) is 40.6 Å². The Morgan fingerprint density at radius 1 is 1.12 bits per heavy atom. The molecule has 4 rings (SSSR count). The Morgan fingerprint density at radius 2 is 1.92 bits per heavy atom. The third-order valence-electron chi connectivity index (χ3n) is 5.35. The molecule has 0 N–H and O–H groups in total. The number of amides is 2. The number of nitrogens with zero attached hydrogens (tertiary/aromatic N) is 2. The lowest BCUT2D eigenvalue weighted by atomic mass is 9.86. The van der Waals surface area contributed by atoms with Crippen molar-refractivity contribution >= 4 is 23.2 Å². The lowest BCUT2D eigenvalue weighted by Crippen LogP contribution is -2.44. The Labute approximate surface area is 158 Å². The highest BCUT2D eigenvalue weighted by molar-refractivity contribution is 7.12. The largest absolute Gasteiger partial charge is 0.332 e. The minimum Gasteiger partial charge on any atom is -0.332 e. The molecule has 2 aliphatic carbocycles. The molecule has 2 amide bonds. The van der Waals surface area contributed by atoms with Gasteiger partial charge in [0.1, 0.15) is 0 Å². The molecule has 1 aromatic heterocycles. The summed E-state index contributed by atoms with van der Waals surface area (Å²) in [6, 6.07) is 12.7. The second-order valence-electron chi connectivity index (χ2n) is 7.28. The van der Waals surface area contributed by atoms with E-state index < -0.39 is 0 Å². The van der Waals surface area contributed by atoms with Crippen LogP contribution in [0, 0.1) is 0 Å². The maximum atomic E-state index is 13.2. The van der Waals surface area contributed by atoms with E-state index in [0.717, 1.165) is 32.1 Å². The van der Waals surface area contributed by atoms with Crippen LogP contribution in [0.5, 0.6) is 0 Å². The van der Waals surface area contributed by atoms with Crippen LogP contribution in [0.4, 0.5) is 0 Å². The van der Waals surface area contributed by atoms with Crippen molar-refractivity contribution in [2.75, 3.05) is 13.6 Å². The summed E-state index contributed by atoms with van der Waals surface area (Å²) in [4.78, 5) is 30.0. The molecule has 1 heterocycles. The van der Waals surface area contributed by atoms with Crippen LogP contribution < -0.4 is 0 Å². The lowest BCUT2D eigenvalue weighted by molar-refractivity contribution is -0.135. The van der Waals surface area contributed by atoms with Crippen LogP contribution in [0.3, 0.4) is 0 Å². The highest BCUT2D eigenvalue weighted by atomic mass is 32.1. The summed E-state index contributed by atoms with van der Waals surface area (Å²) >= 11 is 1.42. The molecule has 5 heteroatoms. The molecule has 1 fully saturated rings. The van der Waals surface area contributed by atoms with Gasteiger partial charge in [0, 0.05) is 13.1 Å². The first-order valence-electron chi connectivity index (χ1n) is 9.33. The molecule has 0 radical (unpaired) electrons. The van der Waals surface area contributed by atoms with E-state index in [1.807, 2.05) is 17.5 Å². The second kappa shape index (κ2) is 7.23. The summed E-state index contributed by atoms with van der Waals surface area (Å²) in [5.41, 5.74) is 2.66. The fraction of sp³-hybridized carbons (Fsp3) is 0.429. The smallest absolute Gasteiger partial charge is 0.264 e. The molecule has 0 spiro atoms. The van der Waals surface area contributed by atoms with Gasteiger partial charge in [-0.05, 0) is 54.7 Å². The molecular weight excluding hydrogens is 344 g/mol. The number of benzene rings is 1. The van der Waals surface area contributed by atoms with Crippen molar-refractivity contribution in [3.05, 3.63) is 57.8 Å². The van der Waals surface area contributed by atoms with Crippen molar-refractivity contribution in [2.24, 2.45) is 0 Å². The van der Waals surface area contributed by atoms with Crippen LogP contribution in [0.15, 0.2) is 41.8 Å². The molecule has 26 heavy (non-hydrogen) atoms. The quantitative estimate of drug-likeness (QED) is 0.803. The number of aryl methyl sites for hydroxylation is 1. The molecule has 1 aromatic carbocycles. The number of likely N-dealkylation sites (N-methyl/N-ethyl adjacent to an activating group) is 1. The molecule has 1 saturated carbocycles. The Hall–Kier alpha value is -2.14. The Morgan fingerprint density at radius 3 is 2.65 bits per heavy atom. The molecule has 4 nitrogen and oxygen atoms in total. The molecule has 136 valence electrons. The molecule has 0 bridgehead atoms. The van der Waals surface area contributed by atoms with Gasteiger partial charge in [-0.2, -0.15) is 0 Å². The van der Waals surface area contributed by atoms with Gasteiger partial charge in [0.05, 0.1) is 17.5 Å². The van der Waals surface area contributed by atoms with E-state index in [9.17, 15) is 9.59 Å². The molecular formula is C21H24N2O2S. The van der Waals surface area contributed by atoms with E-state index in [1.165, 1.54) is 22.5 Å². The number of carbonyl (C=O) groups excluding carboxylic acids is 2. The molecule has 1 unspecified atom stereocenters. The highest BCUT2D eigenvalue weighted by Gasteiger charge is 2.39. The SMILES string of the molecule is CN(CC(=O)N(C1CC1)C1CCCc2ccccc21)C(=O)c1cccs1. The Balaban J connectivity index is 1.52. The Bertz CT molecular complexity index is 798. The number of fused-ring (bicyclic) bond motifs is 1. The van der Waals surface area contributed by atoms with Gasteiger partial charge in [-0.3, -0.25) is 9.59 Å². The third kappa shape index (κ3) is 3.40. The van der Waals surface area contributed by atoms with E-state index in [1.54, 1.807) is 11.9 Å². The van der Waals surface area contributed by atoms with Gasteiger partial charge >= 0.3 is 0 Å². The van der Waals surface area contributed by atoms with Crippen LogP contribution in [0.1, 0.15) is 52.5 Å². The number of hydrogen-bond acceptors (Lipinski definition) is 3. The zero-order valence-electron chi connectivity index (χ0n) is 15.1. The minimum atomic E-state index is -0.0758. The molecule has 0 saturated heterocycles. The maximum Gasteiger partial charge on any atom is 0.264 e. The average Bonchev–Trinajstić information content (AvgIpc) is 3.33. The number of carbonyl (C=O) groups is 2. The summed E-state index contributed by atoms with van der Waals surface area (Å²) in [5.74, 6) is -0.00486. The molecule has 2 aliphatic rings. The summed E-state index contributed by atoms with van der Waals surface area (Å²) in [5, 5.41) is 1.89. The van der Waals surface area contributed by atoms with Crippen LogP contribution in [0.25, 0.3) is 0 Å². The zero-order chi connectivity index (χ0) is 18.1. The van der Waals surface area contributed by atoms with E-state index in [4.69, 9.17) is 0 Å². The van der Waals surface area contributed by atoms with Crippen molar-refractivity contribution in [2.45, 2.75) is 44.2 Å². The van der Waals surface area contributed by atoms with Crippen molar-refractivity contribution in [1.82, 2.24) is 9.80 Å². The van der Waals surface area contributed by atoms with Crippen LogP contribution >= 0.6 is 11.3 Å². The highest BCUT2D eigenvalue weighted by Crippen LogP contribution is 2.40. The zero-order valence-corrected chi connectivity index (χ0v) is 15.9. The Kier molecular flexibility index (Phi) is 4.81. The minimum absolute atomic E-state index is 0.0709. The number of thiophene rings is 1. The van der Waals surface area contributed by atoms with E-state index in [0.29, 0.717) is 10.9 Å². The third-order valence-corrected chi connectivity index (χ3v) is 6.21.